The van der Waals surface area contributed by atoms with Crippen LogP contribution in [-0.2, 0) is 10.0 Å². The van der Waals surface area contributed by atoms with Crippen molar-refractivity contribution in [3.63, 3.8) is 0 Å². The molecule has 114 valence electrons. The van der Waals surface area contributed by atoms with E-state index in [0.717, 1.165) is 19.3 Å². The van der Waals surface area contributed by atoms with Crippen molar-refractivity contribution in [3.8, 4) is 0 Å². The van der Waals surface area contributed by atoms with Crippen LogP contribution >= 0.6 is 0 Å². The number of amides is 2. The van der Waals surface area contributed by atoms with Crippen LogP contribution in [0.5, 0.6) is 0 Å². The molecular formula is C12H27N3O3S. The Morgan fingerprint density at radius 1 is 1.16 bits per heavy atom. The lowest BCUT2D eigenvalue weighted by molar-refractivity contribution is 0.237. The van der Waals surface area contributed by atoms with E-state index in [1.54, 1.807) is 0 Å². The fourth-order valence-electron chi connectivity index (χ4n) is 1.53. The van der Waals surface area contributed by atoms with Crippen molar-refractivity contribution >= 4 is 16.1 Å². The molecule has 6 nitrogen and oxygen atoms in total. The minimum Gasteiger partial charge on any atom is -0.337 e. The zero-order valence-electron chi connectivity index (χ0n) is 12.3. The molecule has 0 aliphatic rings. The third-order valence-electron chi connectivity index (χ3n) is 2.91. The van der Waals surface area contributed by atoms with E-state index >= 15 is 0 Å². The molecule has 0 bridgehead atoms. The molecule has 0 radical (unpaired) electrons. The van der Waals surface area contributed by atoms with Gasteiger partial charge in [0.05, 0.1) is 5.25 Å². The van der Waals surface area contributed by atoms with Gasteiger partial charge in [0.25, 0.3) is 0 Å². The van der Waals surface area contributed by atoms with Crippen molar-refractivity contribution in [2.75, 3.05) is 6.54 Å². The second-order valence-electron chi connectivity index (χ2n) is 5.48. The first kappa shape index (κ1) is 18.2. The van der Waals surface area contributed by atoms with Crippen LogP contribution in [-0.4, -0.2) is 32.3 Å². The lowest BCUT2D eigenvalue weighted by Crippen LogP contribution is -2.45. The number of urea groups is 1. The molecule has 2 amide bonds. The van der Waals surface area contributed by atoms with E-state index in [4.69, 9.17) is 5.14 Å². The molecule has 4 N–H and O–H groups in total. The van der Waals surface area contributed by atoms with Crippen LogP contribution in [0.15, 0.2) is 0 Å². The molecule has 0 rings (SSSR count). The summed E-state index contributed by atoms with van der Waals surface area (Å²) in [5, 5.41) is 9.46. The Kier molecular flexibility index (Phi) is 8.01. The maximum atomic E-state index is 11.5. The van der Waals surface area contributed by atoms with E-state index in [-0.39, 0.29) is 18.6 Å². The van der Waals surface area contributed by atoms with Gasteiger partial charge in [-0.1, -0.05) is 26.7 Å². The highest BCUT2D eigenvalue weighted by Crippen LogP contribution is 2.08. The smallest absolute Gasteiger partial charge is 0.315 e. The summed E-state index contributed by atoms with van der Waals surface area (Å²) in [6, 6.07) is -0.281. The first-order chi connectivity index (χ1) is 8.62. The van der Waals surface area contributed by atoms with Gasteiger partial charge >= 0.3 is 6.03 Å². The lowest BCUT2D eigenvalue weighted by Gasteiger charge is -2.16. The second-order valence-corrected chi connectivity index (χ2v) is 7.46. The van der Waals surface area contributed by atoms with Crippen molar-refractivity contribution in [1.29, 1.82) is 0 Å². The molecule has 0 spiro atoms. The third kappa shape index (κ3) is 9.72. The molecule has 0 aliphatic heterocycles. The topological polar surface area (TPSA) is 101 Å². The number of sulfonamides is 1. The quantitative estimate of drug-likeness (QED) is 0.626. The van der Waals surface area contributed by atoms with Gasteiger partial charge in [0.2, 0.25) is 10.0 Å². The van der Waals surface area contributed by atoms with Crippen molar-refractivity contribution < 1.29 is 13.2 Å². The highest BCUT2D eigenvalue weighted by Gasteiger charge is 2.16. The molecule has 0 fully saturated rings. The van der Waals surface area contributed by atoms with Gasteiger partial charge in [0.1, 0.15) is 0 Å². The Morgan fingerprint density at radius 3 is 2.21 bits per heavy atom. The van der Waals surface area contributed by atoms with E-state index in [0.29, 0.717) is 5.92 Å². The summed E-state index contributed by atoms with van der Waals surface area (Å²) in [5.74, 6) is 0.664. The zero-order valence-corrected chi connectivity index (χ0v) is 13.1. The molecule has 0 aromatic heterocycles. The van der Waals surface area contributed by atoms with Crippen LogP contribution in [0, 0.1) is 5.92 Å². The van der Waals surface area contributed by atoms with Crippen molar-refractivity contribution in [2.45, 2.75) is 58.2 Å². The maximum absolute atomic E-state index is 11.5. The van der Waals surface area contributed by atoms with Crippen molar-refractivity contribution in [3.05, 3.63) is 0 Å². The van der Waals surface area contributed by atoms with Gasteiger partial charge in [-0.25, -0.2) is 18.4 Å². The summed E-state index contributed by atoms with van der Waals surface area (Å²) >= 11 is 0. The molecule has 0 saturated heterocycles. The molecule has 0 aromatic rings. The molecule has 7 heteroatoms. The molecule has 0 heterocycles. The van der Waals surface area contributed by atoms with Crippen LogP contribution in [0.3, 0.4) is 0 Å². The number of hydrogen-bond acceptors (Lipinski definition) is 3. The Morgan fingerprint density at radius 2 is 1.74 bits per heavy atom. The SMILES string of the molecule is CC(C)CCC[C@H](C)NC(=O)NC[C@H](C)S(N)(=O)=O. The van der Waals surface area contributed by atoms with Crippen molar-refractivity contribution in [1.82, 2.24) is 10.6 Å². The Bertz CT molecular complexity index is 368. The van der Waals surface area contributed by atoms with Crippen LogP contribution in [0.25, 0.3) is 0 Å². The Labute approximate surface area is 116 Å². The first-order valence-corrected chi connectivity index (χ1v) is 8.29. The van der Waals surface area contributed by atoms with Gasteiger partial charge in [0.15, 0.2) is 0 Å². The predicted molar refractivity (Wildman–Crippen MR) is 77.3 cm³/mol. The summed E-state index contributed by atoms with van der Waals surface area (Å²) < 4.78 is 22.0. The lowest BCUT2D eigenvalue weighted by atomic mass is 10.0. The number of primary sulfonamides is 1. The summed E-state index contributed by atoms with van der Waals surface area (Å²) in [7, 11) is -3.59. The van der Waals surface area contributed by atoms with Gasteiger partial charge in [0, 0.05) is 12.6 Å². The van der Waals surface area contributed by atoms with E-state index < -0.39 is 15.3 Å². The first-order valence-electron chi connectivity index (χ1n) is 6.69. The van der Waals surface area contributed by atoms with E-state index in [1.807, 2.05) is 6.92 Å². The van der Waals surface area contributed by atoms with E-state index in [9.17, 15) is 13.2 Å². The van der Waals surface area contributed by atoms with E-state index in [2.05, 4.69) is 24.5 Å². The number of nitrogens with two attached hydrogens (primary N) is 1. The van der Waals surface area contributed by atoms with Gasteiger partial charge in [-0.15, -0.1) is 0 Å². The third-order valence-corrected chi connectivity index (χ3v) is 4.20. The minimum atomic E-state index is -3.59. The molecule has 0 aromatic carbocycles. The standard InChI is InChI=1S/C12H27N3O3S/c1-9(2)6-5-7-10(3)15-12(16)14-8-11(4)19(13,17)18/h9-11H,5-8H2,1-4H3,(H2,13,17,18)(H2,14,15,16)/t10-,11-/m0/s1. The number of nitrogens with one attached hydrogen (secondary N) is 2. The molecule has 0 aliphatic carbocycles. The predicted octanol–water partition coefficient (Wildman–Crippen LogP) is 1.18. The monoisotopic (exact) mass is 293 g/mol. The molecule has 0 unspecified atom stereocenters. The Balaban J connectivity index is 3.86. The summed E-state index contributed by atoms with van der Waals surface area (Å²) in [6.45, 7) is 7.74. The van der Waals surface area contributed by atoms with Crippen LogP contribution in [0.2, 0.25) is 0 Å². The van der Waals surface area contributed by atoms with Crippen molar-refractivity contribution in [2.24, 2.45) is 11.1 Å². The maximum Gasteiger partial charge on any atom is 0.315 e. The van der Waals surface area contributed by atoms with E-state index in [1.165, 1.54) is 6.92 Å². The molecular weight excluding hydrogens is 266 g/mol. The number of rotatable bonds is 8. The van der Waals surface area contributed by atoms with Crippen LogP contribution in [0.1, 0.15) is 47.0 Å². The highest BCUT2D eigenvalue weighted by atomic mass is 32.2. The minimum absolute atomic E-state index is 0.0172. The second kappa shape index (κ2) is 8.37. The number of carbonyl (C=O) groups is 1. The largest absolute Gasteiger partial charge is 0.337 e. The summed E-state index contributed by atoms with van der Waals surface area (Å²) in [4.78, 5) is 11.5. The van der Waals surface area contributed by atoms with Gasteiger partial charge in [-0.3, -0.25) is 0 Å². The number of hydrogen-bond donors (Lipinski definition) is 3. The average Bonchev–Trinajstić information content (AvgIpc) is 2.23. The molecule has 2 atom stereocenters. The normalized spacial score (nSPS) is 15.1. The van der Waals surface area contributed by atoms with Crippen LogP contribution < -0.4 is 15.8 Å². The fraction of sp³-hybridized carbons (Fsp3) is 0.917. The van der Waals surface area contributed by atoms with Crippen LogP contribution in [0.4, 0.5) is 4.79 Å². The molecule has 0 saturated carbocycles. The highest BCUT2D eigenvalue weighted by molar-refractivity contribution is 7.89. The summed E-state index contributed by atoms with van der Waals surface area (Å²) in [5.41, 5.74) is 0. The summed E-state index contributed by atoms with van der Waals surface area (Å²) in [6.07, 6.45) is 3.11. The van der Waals surface area contributed by atoms with Gasteiger partial charge in [-0.2, -0.15) is 0 Å². The Hall–Kier alpha value is -0.820. The van der Waals surface area contributed by atoms with Gasteiger partial charge in [-0.05, 0) is 26.2 Å². The average molecular weight is 293 g/mol. The van der Waals surface area contributed by atoms with Gasteiger partial charge < -0.3 is 10.6 Å². The molecule has 19 heavy (non-hydrogen) atoms. The zero-order chi connectivity index (χ0) is 15.1. The fourth-order valence-corrected chi connectivity index (χ4v) is 1.85. The number of carbonyl (C=O) groups excluding carboxylic acids is 1.